The maximum absolute atomic E-state index is 2.64. The van der Waals surface area contributed by atoms with Crippen molar-refractivity contribution in [3.8, 4) is 33.4 Å². The number of hydrogen-bond donors (Lipinski definition) is 0. The summed E-state index contributed by atoms with van der Waals surface area (Å²) in [6, 6.07) is 60.2. The molecule has 1 nitrogen and oxygen atoms in total. The van der Waals surface area contributed by atoms with Crippen molar-refractivity contribution in [2.75, 3.05) is 4.90 Å². The lowest BCUT2D eigenvalue weighted by Crippen LogP contribution is -2.29. The monoisotopic (exact) mass is 789 g/mol. The second-order valence-electron chi connectivity index (χ2n) is 20.5. The first-order chi connectivity index (χ1) is 29.3. The average molecular weight is 790 g/mol. The number of nitrogens with zero attached hydrogens (tertiary/aromatic N) is 1. The Balaban J connectivity index is 1.21. The molecule has 1 heteroatoms. The maximum Gasteiger partial charge on any atom is 0.0723 e. The van der Waals surface area contributed by atoms with E-state index >= 15 is 0 Å². The number of rotatable bonds is 4. The maximum atomic E-state index is 2.64. The van der Waals surface area contributed by atoms with E-state index in [9.17, 15) is 0 Å². The first-order valence-corrected chi connectivity index (χ1v) is 22.3. The van der Waals surface area contributed by atoms with Crippen molar-refractivity contribution < 1.29 is 0 Å². The quantitative estimate of drug-likeness (QED) is 0.172. The van der Waals surface area contributed by atoms with E-state index in [2.05, 4.69) is 224 Å². The summed E-state index contributed by atoms with van der Waals surface area (Å²) in [5, 5.41) is 0. The lowest BCUT2D eigenvalue weighted by molar-refractivity contribution is 0.480. The van der Waals surface area contributed by atoms with Gasteiger partial charge in [0.05, 0.1) is 11.1 Å². The molecule has 0 aromatic heterocycles. The Bertz CT molecular complexity index is 3010. The minimum atomic E-state index is -0.447. The normalized spacial score (nSPS) is 17.9. The molecule has 0 N–H and O–H groups in total. The first kappa shape index (κ1) is 37.8. The van der Waals surface area contributed by atoms with Gasteiger partial charge in [0.25, 0.3) is 0 Å². The third kappa shape index (κ3) is 5.45. The van der Waals surface area contributed by atoms with Gasteiger partial charge in [0.2, 0.25) is 0 Å². The summed E-state index contributed by atoms with van der Waals surface area (Å²) in [5.41, 5.74) is 25.1. The van der Waals surface area contributed by atoms with Gasteiger partial charge in [0.1, 0.15) is 0 Å². The van der Waals surface area contributed by atoms with Crippen molar-refractivity contribution in [1.82, 2.24) is 0 Å². The minimum absolute atomic E-state index is 0.00742. The van der Waals surface area contributed by atoms with Gasteiger partial charge < -0.3 is 4.90 Å². The Morgan fingerprint density at radius 2 is 0.984 bits per heavy atom. The molecular formula is C60H55N. The molecular weight excluding hydrogens is 735 g/mol. The molecule has 1 atom stereocenters. The fourth-order valence-electron chi connectivity index (χ4n) is 11.4. The summed E-state index contributed by atoms with van der Waals surface area (Å²) < 4.78 is 0. The minimum Gasteiger partial charge on any atom is -0.310 e. The number of benzene rings is 7. The fraction of sp³-hybridized carbons (Fsp3) is 0.233. The second-order valence-corrected chi connectivity index (χ2v) is 20.5. The highest BCUT2D eigenvalue weighted by Crippen LogP contribution is 2.65. The lowest BCUT2D eigenvalue weighted by Gasteiger charge is -2.36. The molecule has 0 heterocycles. The van der Waals surface area contributed by atoms with Gasteiger partial charge >= 0.3 is 0 Å². The summed E-state index contributed by atoms with van der Waals surface area (Å²) in [5.74, 6) is 0. The van der Waals surface area contributed by atoms with Crippen LogP contribution in [0.5, 0.6) is 0 Å². The summed E-state index contributed by atoms with van der Waals surface area (Å²) in [7, 11) is 0. The van der Waals surface area contributed by atoms with Crippen molar-refractivity contribution in [3.05, 3.63) is 214 Å². The number of allylic oxidation sites excluding steroid dienone is 4. The van der Waals surface area contributed by atoms with Gasteiger partial charge in [-0.05, 0) is 132 Å². The zero-order valence-corrected chi connectivity index (χ0v) is 36.9. The zero-order valence-electron chi connectivity index (χ0n) is 36.9. The van der Waals surface area contributed by atoms with Crippen molar-refractivity contribution in [1.29, 1.82) is 0 Å². The Labute approximate surface area is 363 Å². The Morgan fingerprint density at radius 3 is 1.67 bits per heavy atom. The van der Waals surface area contributed by atoms with Crippen LogP contribution < -0.4 is 4.90 Å². The van der Waals surface area contributed by atoms with E-state index < -0.39 is 5.41 Å². The van der Waals surface area contributed by atoms with Crippen LogP contribution in [-0.2, 0) is 16.2 Å². The summed E-state index contributed by atoms with van der Waals surface area (Å²) >= 11 is 0. The van der Waals surface area contributed by atoms with Crippen LogP contribution in [0.15, 0.2) is 175 Å². The number of anilines is 3. The molecule has 4 aliphatic rings. The molecule has 61 heavy (non-hydrogen) atoms. The van der Waals surface area contributed by atoms with Crippen LogP contribution in [-0.4, -0.2) is 0 Å². The molecule has 11 rings (SSSR count). The van der Waals surface area contributed by atoms with Gasteiger partial charge in [0, 0.05) is 22.4 Å². The van der Waals surface area contributed by atoms with Gasteiger partial charge in [-0.1, -0.05) is 194 Å². The van der Waals surface area contributed by atoms with Crippen molar-refractivity contribution >= 4 is 22.6 Å². The molecule has 0 saturated heterocycles. The molecule has 0 amide bonds. The van der Waals surface area contributed by atoms with Gasteiger partial charge in [-0.25, -0.2) is 0 Å². The van der Waals surface area contributed by atoms with Crippen molar-refractivity contribution in [3.63, 3.8) is 0 Å². The number of fused-ring (bicyclic) bond motifs is 12. The van der Waals surface area contributed by atoms with Crippen molar-refractivity contribution in [2.24, 2.45) is 5.41 Å². The fourth-order valence-corrected chi connectivity index (χ4v) is 11.4. The SMILES string of the molecule is CC(C)(C)C1=CC2=C(CC1)c1ccc(C(C)(C)C)cc1C21c2ccccc2-c2ccc(N(c3ccc4c(c3)C(C)(C)c3ccccc3-4)c3ccccc3-c3ccccc3)cc21. The summed E-state index contributed by atoms with van der Waals surface area (Å²) in [6.45, 7) is 19.0. The standard InChI is InChI=1S/C60H55N/c1-57(2,3)39-26-30-47-48-31-27-40(58(4,5)6)35-54(48)60(53(47)34-39)51-24-16-13-22-45(51)49-33-29-42(37-55(49)60)61(56-25-17-14-20-43(56)38-18-10-9-11-19-38)41-28-32-46-44-21-12-15-23-50(44)59(7,8)52(46)36-41/h9-26,28-30,32-37H,27,31H2,1-8H3. The second kappa shape index (κ2) is 13.2. The molecule has 1 spiro atoms. The van der Waals surface area contributed by atoms with E-state index in [0.717, 1.165) is 12.8 Å². The molecule has 7 aromatic carbocycles. The van der Waals surface area contributed by atoms with Crippen LogP contribution in [0.3, 0.4) is 0 Å². The van der Waals surface area contributed by atoms with Gasteiger partial charge in [-0.15, -0.1) is 0 Å². The molecule has 0 radical (unpaired) electrons. The predicted molar refractivity (Wildman–Crippen MR) is 258 cm³/mol. The largest absolute Gasteiger partial charge is 0.310 e. The zero-order chi connectivity index (χ0) is 42.1. The van der Waals surface area contributed by atoms with Crippen LogP contribution >= 0.6 is 0 Å². The smallest absolute Gasteiger partial charge is 0.0723 e. The molecule has 300 valence electrons. The van der Waals surface area contributed by atoms with E-state index in [0.29, 0.717) is 0 Å². The highest BCUT2D eigenvalue weighted by Gasteiger charge is 2.53. The summed E-state index contributed by atoms with van der Waals surface area (Å²) in [4.78, 5) is 2.55. The topological polar surface area (TPSA) is 3.24 Å². The van der Waals surface area contributed by atoms with E-state index in [1.807, 2.05) is 0 Å². The van der Waals surface area contributed by atoms with Crippen molar-refractivity contribution in [2.45, 2.75) is 84.5 Å². The van der Waals surface area contributed by atoms with E-state index in [1.165, 1.54) is 106 Å². The van der Waals surface area contributed by atoms with Crippen LogP contribution in [0.25, 0.3) is 39.0 Å². The van der Waals surface area contributed by atoms with E-state index in [-0.39, 0.29) is 16.2 Å². The van der Waals surface area contributed by atoms with Gasteiger partial charge in [-0.3, -0.25) is 0 Å². The molecule has 0 saturated carbocycles. The van der Waals surface area contributed by atoms with E-state index in [4.69, 9.17) is 0 Å². The first-order valence-electron chi connectivity index (χ1n) is 22.3. The van der Waals surface area contributed by atoms with Crippen LogP contribution in [0.2, 0.25) is 0 Å². The Hall–Kier alpha value is -6.18. The highest BCUT2D eigenvalue weighted by atomic mass is 15.1. The van der Waals surface area contributed by atoms with Crippen LogP contribution in [0.4, 0.5) is 17.1 Å². The molecule has 4 aliphatic carbocycles. The number of para-hydroxylation sites is 1. The van der Waals surface area contributed by atoms with Crippen LogP contribution in [0, 0.1) is 5.41 Å². The molecule has 0 fully saturated rings. The van der Waals surface area contributed by atoms with E-state index in [1.54, 1.807) is 0 Å². The third-order valence-corrected chi connectivity index (χ3v) is 14.6. The van der Waals surface area contributed by atoms with Gasteiger partial charge in [0.15, 0.2) is 0 Å². The summed E-state index contributed by atoms with van der Waals surface area (Å²) in [6.07, 6.45) is 4.79. The Kier molecular flexibility index (Phi) is 8.15. The molecule has 0 bridgehead atoms. The highest BCUT2D eigenvalue weighted by molar-refractivity contribution is 5.98. The van der Waals surface area contributed by atoms with Gasteiger partial charge in [-0.2, -0.15) is 0 Å². The Morgan fingerprint density at radius 1 is 0.443 bits per heavy atom. The molecule has 1 unspecified atom stereocenters. The molecule has 7 aromatic rings. The predicted octanol–water partition coefficient (Wildman–Crippen LogP) is 16.3. The lowest BCUT2D eigenvalue weighted by atomic mass is 9.66. The molecule has 0 aliphatic heterocycles. The average Bonchev–Trinajstić information content (AvgIpc) is 3.81. The van der Waals surface area contributed by atoms with Crippen LogP contribution in [0.1, 0.15) is 107 Å². The third-order valence-electron chi connectivity index (χ3n) is 14.6. The number of hydrogen-bond acceptors (Lipinski definition) is 1.